The van der Waals surface area contributed by atoms with Crippen LogP contribution in [-0.2, 0) is 6.54 Å². The predicted octanol–water partition coefficient (Wildman–Crippen LogP) is 2.09. The highest BCUT2D eigenvalue weighted by Gasteiger charge is 2.24. The molecule has 0 aliphatic carbocycles. The van der Waals surface area contributed by atoms with E-state index in [0.29, 0.717) is 16.5 Å². The smallest absolute Gasteiger partial charge is 0.329 e. The average molecular weight is 424 g/mol. The molecule has 7 nitrogen and oxygen atoms in total. The second kappa shape index (κ2) is 8.85. The number of para-hydroxylation sites is 1. The van der Waals surface area contributed by atoms with Crippen LogP contribution in [0.25, 0.3) is 10.9 Å². The van der Waals surface area contributed by atoms with E-state index in [2.05, 4.69) is 22.1 Å². The SMILES string of the molecule is CCCN1CCC(NC(=O)c2cc(Cn3c(=O)[nH]c(=O)c4ccccc43)ccc2F)C1. The highest BCUT2D eigenvalue weighted by Crippen LogP contribution is 2.16. The van der Waals surface area contributed by atoms with E-state index in [9.17, 15) is 18.8 Å². The first kappa shape index (κ1) is 21.0. The van der Waals surface area contributed by atoms with E-state index in [4.69, 9.17) is 0 Å². The summed E-state index contributed by atoms with van der Waals surface area (Å²) in [5, 5.41) is 3.32. The van der Waals surface area contributed by atoms with Crippen LogP contribution in [0.4, 0.5) is 4.39 Å². The molecule has 0 radical (unpaired) electrons. The molecule has 2 heterocycles. The molecule has 1 amide bonds. The molecule has 1 unspecified atom stereocenters. The first-order valence-electron chi connectivity index (χ1n) is 10.5. The predicted molar refractivity (Wildman–Crippen MR) is 117 cm³/mol. The van der Waals surface area contributed by atoms with Crippen LogP contribution in [0.5, 0.6) is 0 Å². The Hall–Kier alpha value is -3.26. The molecule has 1 saturated heterocycles. The van der Waals surface area contributed by atoms with Crippen LogP contribution >= 0.6 is 0 Å². The number of nitrogens with zero attached hydrogens (tertiary/aromatic N) is 2. The molecule has 2 aromatic carbocycles. The minimum absolute atomic E-state index is 0.00660. The van der Waals surface area contributed by atoms with Crippen LogP contribution in [-0.4, -0.2) is 46.0 Å². The van der Waals surface area contributed by atoms with Crippen LogP contribution in [0.2, 0.25) is 0 Å². The molecule has 4 rings (SSSR count). The van der Waals surface area contributed by atoms with Gasteiger partial charge in [-0.25, -0.2) is 9.18 Å². The fourth-order valence-corrected chi connectivity index (χ4v) is 4.16. The Balaban J connectivity index is 1.58. The minimum atomic E-state index is -0.608. The Labute approximate surface area is 178 Å². The number of nitrogens with one attached hydrogen (secondary N) is 2. The number of likely N-dealkylation sites (tertiary alicyclic amines) is 1. The molecule has 1 atom stereocenters. The second-order valence-electron chi connectivity index (χ2n) is 7.94. The van der Waals surface area contributed by atoms with Gasteiger partial charge in [0.05, 0.1) is 23.0 Å². The molecule has 0 bridgehead atoms. The van der Waals surface area contributed by atoms with E-state index in [1.807, 2.05) is 0 Å². The number of aromatic nitrogens is 2. The fourth-order valence-electron chi connectivity index (χ4n) is 4.16. The topological polar surface area (TPSA) is 87.2 Å². The van der Waals surface area contributed by atoms with Gasteiger partial charge in [-0.1, -0.05) is 25.1 Å². The molecule has 1 fully saturated rings. The van der Waals surface area contributed by atoms with Gasteiger partial charge in [-0.15, -0.1) is 0 Å². The first-order valence-corrected chi connectivity index (χ1v) is 10.5. The lowest BCUT2D eigenvalue weighted by atomic mass is 10.1. The van der Waals surface area contributed by atoms with E-state index < -0.39 is 23.0 Å². The molecule has 1 aromatic heterocycles. The molecule has 3 aromatic rings. The maximum Gasteiger partial charge on any atom is 0.329 e. The van der Waals surface area contributed by atoms with Crippen molar-refractivity contribution in [2.45, 2.75) is 32.4 Å². The Bertz CT molecular complexity index is 1230. The first-order chi connectivity index (χ1) is 15.0. The Morgan fingerprint density at radius 1 is 1.23 bits per heavy atom. The Kier molecular flexibility index (Phi) is 5.99. The standard InChI is InChI=1S/C23H25FN4O3/c1-2-10-27-11-9-16(14-27)25-22(30)18-12-15(7-8-19(18)24)13-28-20-6-4-3-5-17(20)21(29)26-23(28)31/h3-8,12,16H,2,9-11,13-14H2,1H3,(H,25,30)(H,26,29,31). The molecule has 31 heavy (non-hydrogen) atoms. The van der Waals surface area contributed by atoms with E-state index in [0.717, 1.165) is 32.5 Å². The third-order valence-electron chi connectivity index (χ3n) is 5.67. The van der Waals surface area contributed by atoms with E-state index >= 15 is 0 Å². The van der Waals surface area contributed by atoms with Gasteiger partial charge in [0.15, 0.2) is 0 Å². The molecule has 1 aliphatic heterocycles. The normalized spacial score (nSPS) is 16.6. The number of carbonyl (C=O) groups excluding carboxylic acids is 1. The number of amides is 1. The molecule has 0 spiro atoms. The van der Waals surface area contributed by atoms with E-state index in [1.165, 1.54) is 22.8 Å². The number of H-pyrrole nitrogens is 1. The zero-order chi connectivity index (χ0) is 22.0. The van der Waals surface area contributed by atoms with E-state index in [1.54, 1.807) is 24.3 Å². The summed E-state index contributed by atoms with van der Waals surface area (Å²) in [4.78, 5) is 41.8. The molecular formula is C23H25FN4O3. The number of rotatable bonds is 6. The zero-order valence-corrected chi connectivity index (χ0v) is 17.4. The van der Waals surface area contributed by atoms with Gasteiger partial charge in [0.1, 0.15) is 5.82 Å². The van der Waals surface area contributed by atoms with Gasteiger partial charge in [0.2, 0.25) is 0 Å². The number of hydrogen-bond acceptors (Lipinski definition) is 4. The summed E-state index contributed by atoms with van der Waals surface area (Å²) in [5.41, 5.74) is 0.0114. The van der Waals surface area contributed by atoms with Crippen molar-refractivity contribution in [3.8, 4) is 0 Å². The highest BCUT2D eigenvalue weighted by molar-refractivity contribution is 5.95. The Morgan fingerprint density at radius 2 is 2.03 bits per heavy atom. The average Bonchev–Trinajstić information content (AvgIpc) is 3.19. The largest absolute Gasteiger partial charge is 0.348 e. The summed E-state index contributed by atoms with van der Waals surface area (Å²) in [7, 11) is 0. The summed E-state index contributed by atoms with van der Waals surface area (Å²) >= 11 is 0. The molecule has 162 valence electrons. The minimum Gasteiger partial charge on any atom is -0.348 e. The van der Waals surface area contributed by atoms with E-state index in [-0.39, 0.29) is 18.2 Å². The zero-order valence-electron chi connectivity index (χ0n) is 17.4. The number of benzene rings is 2. The lowest BCUT2D eigenvalue weighted by Gasteiger charge is -2.16. The number of aromatic amines is 1. The number of hydrogen-bond donors (Lipinski definition) is 2. The fraction of sp³-hybridized carbons (Fsp3) is 0.348. The summed E-state index contributed by atoms with van der Waals surface area (Å²) < 4.78 is 15.8. The van der Waals surface area contributed by atoms with Crippen LogP contribution in [0.3, 0.4) is 0 Å². The molecular weight excluding hydrogens is 399 g/mol. The summed E-state index contributed by atoms with van der Waals surface area (Å²) in [5.74, 6) is -1.07. The number of halogens is 1. The number of carbonyl (C=O) groups is 1. The van der Waals surface area contributed by atoms with Gasteiger partial charge < -0.3 is 10.2 Å². The Morgan fingerprint density at radius 3 is 2.84 bits per heavy atom. The van der Waals surface area contributed by atoms with Crippen molar-refractivity contribution in [1.29, 1.82) is 0 Å². The van der Waals surface area contributed by atoms with Gasteiger partial charge in [-0.2, -0.15) is 0 Å². The van der Waals surface area contributed by atoms with Crippen molar-refractivity contribution < 1.29 is 9.18 Å². The molecule has 0 saturated carbocycles. The maximum atomic E-state index is 14.4. The third kappa shape index (κ3) is 4.44. The number of fused-ring (bicyclic) bond motifs is 1. The summed E-state index contributed by atoms with van der Waals surface area (Å²) in [6.45, 7) is 4.88. The highest BCUT2D eigenvalue weighted by atomic mass is 19.1. The third-order valence-corrected chi connectivity index (χ3v) is 5.67. The summed E-state index contributed by atoms with van der Waals surface area (Å²) in [6.07, 6.45) is 1.89. The second-order valence-corrected chi connectivity index (χ2v) is 7.94. The molecule has 8 heteroatoms. The lowest BCUT2D eigenvalue weighted by Crippen LogP contribution is -2.37. The van der Waals surface area contributed by atoms with Crippen molar-refractivity contribution in [1.82, 2.24) is 19.8 Å². The van der Waals surface area contributed by atoms with Gasteiger partial charge >= 0.3 is 5.69 Å². The van der Waals surface area contributed by atoms with Gasteiger partial charge in [0.25, 0.3) is 11.5 Å². The molecule has 2 N–H and O–H groups in total. The van der Waals surface area contributed by atoms with Crippen LogP contribution in [0.1, 0.15) is 35.7 Å². The van der Waals surface area contributed by atoms with Crippen molar-refractivity contribution in [2.24, 2.45) is 0 Å². The van der Waals surface area contributed by atoms with Crippen molar-refractivity contribution in [2.75, 3.05) is 19.6 Å². The van der Waals surface area contributed by atoms with Crippen LogP contribution in [0, 0.1) is 5.82 Å². The van der Waals surface area contributed by atoms with Gasteiger partial charge in [0, 0.05) is 19.1 Å². The van der Waals surface area contributed by atoms with Gasteiger partial charge in [-0.3, -0.25) is 19.1 Å². The van der Waals surface area contributed by atoms with Crippen LogP contribution in [0.15, 0.2) is 52.1 Å². The van der Waals surface area contributed by atoms with Crippen molar-refractivity contribution in [3.05, 3.63) is 80.2 Å². The van der Waals surface area contributed by atoms with Gasteiger partial charge in [-0.05, 0) is 49.2 Å². The van der Waals surface area contributed by atoms with Crippen molar-refractivity contribution in [3.63, 3.8) is 0 Å². The maximum absolute atomic E-state index is 14.4. The summed E-state index contributed by atoms with van der Waals surface area (Å²) in [6, 6.07) is 11.0. The van der Waals surface area contributed by atoms with Crippen molar-refractivity contribution >= 4 is 16.8 Å². The molecule has 1 aliphatic rings. The monoisotopic (exact) mass is 424 g/mol. The lowest BCUT2D eigenvalue weighted by molar-refractivity contribution is 0.0933. The quantitative estimate of drug-likeness (QED) is 0.634. The van der Waals surface area contributed by atoms with Crippen LogP contribution < -0.4 is 16.6 Å².